The maximum atomic E-state index is 12.1. The van der Waals surface area contributed by atoms with Gasteiger partial charge in [0.15, 0.2) is 0 Å². The molecule has 0 aliphatic heterocycles. The van der Waals surface area contributed by atoms with Crippen molar-refractivity contribution in [3.63, 3.8) is 0 Å². The van der Waals surface area contributed by atoms with E-state index in [2.05, 4.69) is 27.8 Å². The van der Waals surface area contributed by atoms with Gasteiger partial charge in [-0.3, -0.25) is 4.79 Å². The van der Waals surface area contributed by atoms with E-state index in [1.807, 2.05) is 0 Å². The zero-order valence-electron chi connectivity index (χ0n) is 17.3. The highest BCUT2D eigenvalue weighted by Crippen LogP contribution is 2.11. The maximum Gasteiger partial charge on any atom is 0.337 e. The Morgan fingerprint density at radius 1 is 0.938 bits per heavy atom. The highest BCUT2D eigenvalue weighted by atomic mass is 16.5. The molecule has 0 saturated carbocycles. The lowest BCUT2D eigenvalue weighted by molar-refractivity contribution is -0.120. The second kappa shape index (κ2) is 11.0. The number of rotatable bonds is 6. The maximum absolute atomic E-state index is 12.1. The van der Waals surface area contributed by atoms with Crippen LogP contribution in [0.2, 0.25) is 0 Å². The van der Waals surface area contributed by atoms with Crippen molar-refractivity contribution in [2.45, 2.75) is 6.54 Å². The summed E-state index contributed by atoms with van der Waals surface area (Å²) in [5, 5.41) is 7.79. The summed E-state index contributed by atoms with van der Waals surface area (Å²) in [5.74, 6) is 5.82. The Morgan fingerprint density at radius 2 is 1.69 bits per heavy atom. The number of urea groups is 1. The first-order valence-corrected chi connectivity index (χ1v) is 9.68. The first kappa shape index (κ1) is 22.2. The third-order valence-electron chi connectivity index (χ3n) is 4.20. The fourth-order valence-corrected chi connectivity index (χ4v) is 2.66. The third kappa shape index (κ3) is 6.78. The number of hydrogen-bond acceptors (Lipinski definition) is 5. The lowest BCUT2D eigenvalue weighted by atomic mass is 10.1. The number of ether oxygens (including phenoxy) is 1. The minimum absolute atomic E-state index is 0.178. The first-order valence-electron chi connectivity index (χ1n) is 9.68. The van der Waals surface area contributed by atoms with Crippen LogP contribution in [-0.2, 0) is 16.1 Å². The number of furan rings is 1. The van der Waals surface area contributed by atoms with E-state index in [1.165, 1.54) is 13.4 Å². The second-order valence-corrected chi connectivity index (χ2v) is 6.57. The zero-order valence-corrected chi connectivity index (χ0v) is 17.3. The smallest absolute Gasteiger partial charge is 0.337 e. The number of anilines is 1. The summed E-state index contributed by atoms with van der Waals surface area (Å²) in [7, 11) is 1.32. The predicted molar refractivity (Wildman–Crippen MR) is 118 cm³/mol. The van der Waals surface area contributed by atoms with Gasteiger partial charge in [-0.25, -0.2) is 9.59 Å². The molecule has 162 valence electrons. The molecule has 8 heteroatoms. The molecule has 2 aromatic carbocycles. The minimum Gasteiger partial charge on any atom is -0.467 e. The highest BCUT2D eigenvalue weighted by Gasteiger charge is 2.07. The molecule has 0 atom stereocenters. The van der Waals surface area contributed by atoms with E-state index in [0.29, 0.717) is 28.1 Å². The van der Waals surface area contributed by atoms with Crippen molar-refractivity contribution in [2.75, 3.05) is 19.0 Å². The molecule has 1 heterocycles. The molecule has 0 bridgehead atoms. The molecule has 0 saturated heterocycles. The molecule has 0 fully saturated rings. The van der Waals surface area contributed by atoms with Gasteiger partial charge in [0, 0.05) is 16.8 Å². The molecule has 32 heavy (non-hydrogen) atoms. The van der Waals surface area contributed by atoms with E-state index in [-0.39, 0.29) is 19.0 Å². The van der Waals surface area contributed by atoms with Gasteiger partial charge < -0.3 is 25.1 Å². The van der Waals surface area contributed by atoms with Gasteiger partial charge in [0.1, 0.15) is 5.76 Å². The zero-order chi connectivity index (χ0) is 22.8. The lowest BCUT2D eigenvalue weighted by Crippen LogP contribution is -2.38. The number of esters is 1. The van der Waals surface area contributed by atoms with Crippen molar-refractivity contribution in [2.24, 2.45) is 0 Å². The lowest BCUT2D eigenvalue weighted by Gasteiger charge is -2.08. The highest BCUT2D eigenvalue weighted by molar-refractivity contribution is 5.92. The molecular formula is C24H21N3O5. The Labute approximate surface area is 185 Å². The van der Waals surface area contributed by atoms with Crippen LogP contribution in [-0.4, -0.2) is 31.6 Å². The van der Waals surface area contributed by atoms with Crippen molar-refractivity contribution in [1.82, 2.24) is 10.6 Å². The quantitative estimate of drug-likeness (QED) is 0.411. The first-order chi connectivity index (χ1) is 15.5. The Hall–Kier alpha value is -4.51. The van der Waals surface area contributed by atoms with E-state index in [0.717, 1.165) is 0 Å². The fraction of sp³-hybridized carbons (Fsp3) is 0.125. The normalized spacial score (nSPS) is 9.78. The Balaban J connectivity index is 1.52. The monoisotopic (exact) mass is 431 g/mol. The van der Waals surface area contributed by atoms with E-state index in [4.69, 9.17) is 9.15 Å². The molecule has 3 aromatic rings. The fourth-order valence-electron chi connectivity index (χ4n) is 2.66. The van der Waals surface area contributed by atoms with E-state index in [9.17, 15) is 14.4 Å². The summed E-state index contributed by atoms with van der Waals surface area (Å²) in [4.78, 5) is 35.5. The van der Waals surface area contributed by atoms with Gasteiger partial charge in [-0.05, 0) is 48.5 Å². The molecule has 3 amide bonds. The molecule has 0 aliphatic rings. The number of methoxy groups -OCH3 is 1. The van der Waals surface area contributed by atoms with Gasteiger partial charge in [-0.2, -0.15) is 0 Å². The molecule has 0 unspecified atom stereocenters. The SMILES string of the molecule is COC(=O)c1cccc(C#Cc2cccc(NC(=O)NCC(=O)NCc3ccco3)c2)c1. The predicted octanol–water partition coefficient (Wildman–Crippen LogP) is 2.90. The number of hydrogen-bond donors (Lipinski definition) is 3. The van der Waals surface area contributed by atoms with Crippen LogP contribution in [0.3, 0.4) is 0 Å². The van der Waals surface area contributed by atoms with E-state index < -0.39 is 12.0 Å². The Morgan fingerprint density at radius 3 is 2.41 bits per heavy atom. The number of carbonyl (C=O) groups is 3. The summed E-state index contributed by atoms with van der Waals surface area (Å²) in [6.45, 7) is 0.0704. The van der Waals surface area contributed by atoms with Crippen LogP contribution in [0.1, 0.15) is 27.2 Å². The number of amides is 3. The molecule has 8 nitrogen and oxygen atoms in total. The van der Waals surface area contributed by atoms with Crippen LogP contribution in [0.4, 0.5) is 10.5 Å². The van der Waals surface area contributed by atoms with Gasteiger partial charge >= 0.3 is 12.0 Å². The van der Waals surface area contributed by atoms with Crippen molar-refractivity contribution in [3.8, 4) is 11.8 Å². The van der Waals surface area contributed by atoms with Crippen LogP contribution in [0.25, 0.3) is 0 Å². The molecule has 1 aromatic heterocycles. The van der Waals surface area contributed by atoms with Crippen molar-refractivity contribution in [3.05, 3.63) is 89.4 Å². The Bertz CT molecular complexity index is 1160. The van der Waals surface area contributed by atoms with Gasteiger partial charge in [0.25, 0.3) is 0 Å². The molecule has 3 N–H and O–H groups in total. The van der Waals surface area contributed by atoms with Crippen LogP contribution in [0.15, 0.2) is 71.3 Å². The average molecular weight is 431 g/mol. The topological polar surface area (TPSA) is 110 Å². The number of carbonyl (C=O) groups excluding carboxylic acids is 3. The van der Waals surface area contributed by atoms with Crippen molar-refractivity contribution >= 4 is 23.6 Å². The molecule has 0 spiro atoms. The van der Waals surface area contributed by atoms with Gasteiger partial charge in [0.2, 0.25) is 5.91 Å². The third-order valence-corrected chi connectivity index (χ3v) is 4.20. The average Bonchev–Trinajstić information content (AvgIpc) is 3.34. The number of benzene rings is 2. The van der Waals surface area contributed by atoms with Crippen LogP contribution < -0.4 is 16.0 Å². The van der Waals surface area contributed by atoms with Crippen molar-refractivity contribution in [1.29, 1.82) is 0 Å². The number of nitrogens with one attached hydrogen (secondary N) is 3. The van der Waals surface area contributed by atoms with Crippen molar-refractivity contribution < 1.29 is 23.5 Å². The molecule has 0 radical (unpaired) electrons. The van der Waals surface area contributed by atoms with Gasteiger partial charge in [-0.15, -0.1) is 0 Å². The summed E-state index contributed by atoms with van der Waals surface area (Å²) in [5.41, 5.74) is 2.26. The summed E-state index contributed by atoms with van der Waals surface area (Å²) in [6, 6.07) is 16.7. The molecule has 0 aliphatic carbocycles. The standard InChI is InChI=1S/C24H21N3O5/c1-31-23(29)19-7-2-5-17(13-19)10-11-18-6-3-8-20(14-18)27-24(30)26-16-22(28)25-15-21-9-4-12-32-21/h2-9,12-14H,15-16H2,1H3,(H,25,28)(H2,26,27,30). The van der Waals surface area contributed by atoms with Crippen LogP contribution >= 0.6 is 0 Å². The summed E-state index contributed by atoms with van der Waals surface area (Å²) < 4.78 is 9.83. The Kier molecular flexibility index (Phi) is 7.65. The van der Waals surface area contributed by atoms with Gasteiger partial charge in [-0.1, -0.05) is 24.0 Å². The van der Waals surface area contributed by atoms with Crippen LogP contribution in [0.5, 0.6) is 0 Å². The summed E-state index contributed by atoms with van der Waals surface area (Å²) in [6.07, 6.45) is 1.52. The second-order valence-electron chi connectivity index (χ2n) is 6.57. The van der Waals surface area contributed by atoms with E-state index in [1.54, 1.807) is 60.7 Å². The molecular weight excluding hydrogens is 410 g/mol. The largest absolute Gasteiger partial charge is 0.467 e. The van der Waals surface area contributed by atoms with Gasteiger partial charge in [0.05, 0.1) is 32.0 Å². The van der Waals surface area contributed by atoms with Crippen LogP contribution in [0, 0.1) is 11.8 Å². The minimum atomic E-state index is -0.519. The van der Waals surface area contributed by atoms with E-state index >= 15 is 0 Å². The summed E-state index contributed by atoms with van der Waals surface area (Å²) >= 11 is 0. The molecule has 3 rings (SSSR count).